The summed E-state index contributed by atoms with van der Waals surface area (Å²) in [5, 5.41) is 0. The minimum Gasteiger partial charge on any atom is -0.465 e. The third-order valence-electron chi connectivity index (χ3n) is 3.19. The van der Waals surface area contributed by atoms with Crippen molar-refractivity contribution >= 4 is 11.8 Å². The molecule has 0 N–H and O–H groups in total. The van der Waals surface area contributed by atoms with E-state index in [9.17, 15) is 9.59 Å². The maximum atomic E-state index is 11.7. The fourth-order valence-electron chi connectivity index (χ4n) is 1.99. The van der Waals surface area contributed by atoms with Crippen LogP contribution in [0.5, 0.6) is 11.5 Å². The average Bonchev–Trinajstić information content (AvgIpc) is 2.83. The molecular weight excluding hydrogens is 272 g/mol. The summed E-state index contributed by atoms with van der Waals surface area (Å²) in [4.78, 5) is 23.4. The van der Waals surface area contributed by atoms with Crippen molar-refractivity contribution in [2.45, 2.75) is 34.1 Å². The number of ether oxygens (including phenoxy) is 3. The van der Waals surface area contributed by atoms with Crippen LogP contribution in [-0.4, -0.2) is 25.2 Å². The van der Waals surface area contributed by atoms with E-state index >= 15 is 0 Å². The zero-order valence-electron chi connectivity index (χ0n) is 12.8. The van der Waals surface area contributed by atoms with Crippen LogP contribution in [0.4, 0.5) is 0 Å². The predicted octanol–water partition coefficient (Wildman–Crippen LogP) is 2.75. The maximum Gasteiger partial charge on any atom is 0.311 e. The quantitative estimate of drug-likeness (QED) is 0.631. The first-order valence-electron chi connectivity index (χ1n) is 6.89. The van der Waals surface area contributed by atoms with Crippen molar-refractivity contribution in [2.75, 3.05) is 13.4 Å². The van der Waals surface area contributed by atoms with Crippen LogP contribution in [0.3, 0.4) is 0 Å². The predicted molar refractivity (Wildman–Crippen MR) is 76.7 cm³/mol. The number of carbonyl (C=O) groups excluding carboxylic acids is 2. The van der Waals surface area contributed by atoms with E-state index < -0.39 is 5.41 Å². The van der Waals surface area contributed by atoms with Crippen LogP contribution >= 0.6 is 0 Å². The van der Waals surface area contributed by atoms with Gasteiger partial charge in [-0.3, -0.25) is 9.59 Å². The smallest absolute Gasteiger partial charge is 0.311 e. The van der Waals surface area contributed by atoms with E-state index in [1.54, 1.807) is 32.9 Å². The number of fused-ring (bicyclic) bond motifs is 1. The van der Waals surface area contributed by atoms with Gasteiger partial charge in [-0.25, -0.2) is 0 Å². The maximum absolute atomic E-state index is 11.7. The van der Waals surface area contributed by atoms with Crippen LogP contribution < -0.4 is 9.47 Å². The molecule has 0 saturated carbocycles. The standard InChI is InChI=1S/C16H20O5/c1-10(17)12-8-14-13(20-9-21-14)7-11(12)5-6-19-15(18)16(2,3)4/h7-8H,5-6,9H2,1-4H3. The molecule has 0 saturated heterocycles. The number of Topliss-reactive ketones (excluding diaryl/α,β-unsaturated/α-hetero) is 1. The van der Waals surface area contributed by atoms with E-state index in [0.29, 0.717) is 23.5 Å². The number of benzene rings is 1. The van der Waals surface area contributed by atoms with Crippen LogP contribution in [0.1, 0.15) is 43.6 Å². The minimum atomic E-state index is -0.529. The zero-order chi connectivity index (χ0) is 15.6. The SMILES string of the molecule is CC(=O)c1cc2c(cc1CCOC(=O)C(C)(C)C)OCO2. The molecule has 0 spiro atoms. The Hall–Kier alpha value is -2.04. The Labute approximate surface area is 124 Å². The van der Waals surface area contributed by atoms with Crippen molar-refractivity contribution in [1.29, 1.82) is 0 Å². The number of esters is 1. The average molecular weight is 292 g/mol. The van der Waals surface area contributed by atoms with Gasteiger partial charge >= 0.3 is 5.97 Å². The fraction of sp³-hybridized carbons (Fsp3) is 0.500. The Bertz CT molecular complexity index is 569. The summed E-state index contributed by atoms with van der Waals surface area (Å²) >= 11 is 0. The van der Waals surface area contributed by atoms with Crippen molar-refractivity contribution in [3.05, 3.63) is 23.3 Å². The molecule has 0 amide bonds. The first-order valence-corrected chi connectivity index (χ1v) is 6.89. The summed E-state index contributed by atoms with van der Waals surface area (Å²) in [5.41, 5.74) is 0.845. The minimum absolute atomic E-state index is 0.0505. The Balaban J connectivity index is 2.09. The third kappa shape index (κ3) is 3.54. The van der Waals surface area contributed by atoms with Crippen molar-refractivity contribution in [1.82, 2.24) is 0 Å². The lowest BCUT2D eigenvalue weighted by Crippen LogP contribution is -2.24. The van der Waals surface area contributed by atoms with Crippen molar-refractivity contribution in [3.63, 3.8) is 0 Å². The van der Waals surface area contributed by atoms with Crippen molar-refractivity contribution in [2.24, 2.45) is 5.41 Å². The fourth-order valence-corrected chi connectivity index (χ4v) is 1.99. The molecule has 114 valence electrons. The molecular formula is C16H20O5. The Morgan fingerprint density at radius 1 is 1.19 bits per heavy atom. The summed E-state index contributed by atoms with van der Waals surface area (Å²) in [6, 6.07) is 3.47. The monoisotopic (exact) mass is 292 g/mol. The molecule has 1 aromatic rings. The zero-order valence-corrected chi connectivity index (χ0v) is 12.8. The number of rotatable bonds is 4. The topological polar surface area (TPSA) is 61.8 Å². The lowest BCUT2D eigenvalue weighted by molar-refractivity contribution is -0.152. The van der Waals surface area contributed by atoms with Gasteiger partial charge < -0.3 is 14.2 Å². The normalized spacial score (nSPS) is 13.1. The molecule has 21 heavy (non-hydrogen) atoms. The highest BCUT2D eigenvalue weighted by Crippen LogP contribution is 2.35. The van der Waals surface area contributed by atoms with Crippen LogP contribution in [0.15, 0.2) is 12.1 Å². The number of carbonyl (C=O) groups is 2. The number of hydrogen-bond acceptors (Lipinski definition) is 5. The summed E-state index contributed by atoms with van der Waals surface area (Å²) in [6.07, 6.45) is 0.466. The summed E-state index contributed by atoms with van der Waals surface area (Å²) in [6.45, 7) is 7.30. The molecule has 0 aliphatic carbocycles. The third-order valence-corrected chi connectivity index (χ3v) is 3.19. The van der Waals surface area contributed by atoms with Gasteiger partial charge in [-0.15, -0.1) is 0 Å². The molecule has 1 aliphatic rings. The van der Waals surface area contributed by atoms with Crippen LogP contribution in [-0.2, 0) is 16.0 Å². The van der Waals surface area contributed by atoms with Gasteiger partial charge in [-0.1, -0.05) is 0 Å². The van der Waals surface area contributed by atoms with Crippen LogP contribution in [0.2, 0.25) is 0 Å². The molecule has 1 heterocycles. The highest BCUT2D eigenvalue weighted by Gasteiger charge is 2.23. The molecule has 0 radical (unpaired) electrons. The number of ketones is 1. The van der Waals surface area contributed by atoms with Crippen LogP contribution in [0, 0.1) is 5.41 Å². The molecule has 1 aliphatic heterocycles. The molecule has 0 aromatic heterocycles. The molecule has 0 atom stereocenters. The van der Waals surface area contributed by atoms with Gasteiger partial charge in [-0.05, 0) is 45.4 Å². The number of hydrogen-bond donors (Lipinski definition) is 0. The molecule has 1 aromatic carbocycles. The van der Waals surface area contributed by atoms with Crippen molar-refractivity contribution in [3.8, 4) is 11.5 Å². The molecule has 5 nitrogen and oxygen atoms in total. The van der Waals surface area contributed by atoms with Gasteiger partial charge in [0.2, 0.25) is 6.79 Å². The highest BCUT2D eigenvalue weighted by molar-refractivity contribution is 5.96. The van der Waals surface area contributed by atoms with Gasteiger partial charge in [0.25, 0.3) is 0 Å². The first-order chi connectivity index (χ1) is 9.79. The summed E-state index contributed by atoms with van der Waals surface area (Å²) in [5.74, 6) is 0.894. The largest absolute Gasteiger partial charge is 0.465 e. The second kappa shape index (κ2) is 5.76. The van der Waals surface area contributed by atoms with Gasteiger partial charge in [0, 0.05) is 12.0 Å². The molecule has 5 heteroatoms. The molecule has 0 bridgehead atoms. The van der Waals surface area contributed by atoms with Gasteiger partial charge in [-0.2, -0.15) is 0 Å². The first kappa shape index (κ1) is 15.4. The van der Waals surface area contributed by atoms with Crippen LogP contribution in [0.25, 0.3) is 0 Å². The molecule has 0 fully saturated rings. The van der Waals surface area contributed by atoms with E-state index in [-0.39, 0.29) is 25.2 Å². The summed E-state index contributed by atoms with van der Waals surface area (Å²) < 4.78 is 15.8. The van der Waals surface area contributed by atoms with Gasteiger partial charge in [0.1, 0.15) is 0 Å². The van der Waals surface area contributed by atoms with Gasteiger partial charge in [0.15, 0.2) is 17.3 Å². The highest BCUT2D eigenvalue weighted by atomic mass is 16.7. The lowest BCUT2D eigenvalue weighted by atomic mass is 9.97. The van der Waals surface area contributed by atoms with Gasteiger partial charge in [0.05, 0.1) is 12.0 Å². The molecule has 0 unspecified atom stereocenters. The lowest BCUT2D eigenvalue weighted by Gasteiger charge is -2.17. The van der Waals surface area contributed by atoms with E-state index in [1.807, 2.05) is 0 Å². The Morgan fingerprint density at radius 3 is 2.38 bits per heavy atom. The molecule has 2 rings (SSSR count). The van der Waals surface area contributed by atoms with E-state index in [4.69, 9.17) is 14.2 Å². The van der Waals surface area contributed by atoms with E-state index in [2.05, 4.69) is 0 Å². The van der Waals surface area contributed by atoms with Crippen molar-refractivity contribution < 1.29 is 23.8 Å². The van der Waals surface area contributed by atoms with E-state index in [0.717, 1.165) is 5.56 Å². The van der Waals surface area contributed by atoms with E-state index in [1.165, 1.54) is 6.92 Å². The summed E-state index contributed by atoms with van der Waals surface area (Å²) in [7, 11) is 0. The second-order valence-electron chi connectivity index (χ2n) is 6.05. The Morgan fingerprint density at radius 2 is 1.81 bits per heavy atom. The Kier molecular flexibility index (Phi) is 4.21. The second-order valence-corrected chi connectivity index (χ2v) is 6.05.